The molecule has 1 aromatic heterocycles. The summed E-state index contributed by atoms with van der Waals surface area (Å²) in [6.07, 6.45) is 1.01. The molecule has 1 saturated heterocycles. The Labute approximate surface area is 157 Å². The molecule has 0 unspecified atom stereocenters. The zero-order valence-corrected chi connectivity index (χ0v) is 16.4. The summed E-state index contributed by atoms with van der Waals surface area (Å²) < 4.78 is 32.2. The molecule has 0 saturated carbocycles. The smallest absolute Gasteiger partial charge is 0.252 e. The van der Waals surface area contributed by atoms with E-state index in [-0.39, 0.29) is 11.8 Å². The van der Waals surface area contributed by atoms with E-state index in [2.05, 4.69) is 5.32 Å². The molecule has 0 atom stereocenters. The van der Waals surface area contributed by atoms with Crippen molar-refractivity contribution in [1.29, 1.82) is 0 Å². The number of carbonyl (C=O) groups excluding carboxylic acids is 1. The van der Waals surface area contributed by atoms with Gasteiger partial charge in [-0.25, -0.2) is 8.42 Å². The van der Waals surface area contributed by atoms with Crippen LogP contribution in [-0.4, -0.2) is 38.8 Å². The third-order valence-corrected chi connectivity index (χ3v) is 7.80. The number of hydrogen-bond donors (Lipinski definition) is 1. The Morgan fingerprint density at radius 1 is 1.27 bits per heavy atom. The predicted molar refractivity (Wildman–Crippen MR) is 102 cm³/mol. The molecule has 1 aliphatic rings. The van der Waals surface area contributed by atoms with Crippen LogP contribution in [0.15, 0.2) is 39.9 Å². The summed E-state index contributed by atoms with van der Waals surface area (Å²) in [5.74, 6) is 0.304. The zero-order chi connectivity index (χ0) is 18.7. The van der Waals surface area contributed by atoms with Crippen molar-refractivity contribution in [3.05, 3.63) is 41.3 Å². The Bertz CT molecular complexity index is 871. The van der Waals surface area contributed by atoms with Gasteiger partial charge in [0.05, 0.1) is 12.8 Å². The highest BCUT2D eigenvalue weighted by Gasteiger charge is 2.32. The number of anilines is 1. The van der Waals surface area contributed by atoms with Crippen molar-refractivity contribution in [1.82, 2.24) is 4.31 Å². The number of ether oxygens (including phenoxy) is 1. The Kier molecular flexibility index (Phi) is 5.64. The van der Waals surface area contributed by atoms with Crippen LogP contribution in [0.2, 0.25) is 0 Å². The molecule has 1 aromatic carbocycles. The molecule has 2 heterocycles. The molecule has 0 radical (unpaired) electrons. The van der Waals surface area contributed by atoms with Crippen molar-refractivity contribution in [3.8, 4) is 5.75 Å². The number of rotatable bonds is 5. The maximum absolute atomic E-state index is 12.6. The Morgan fingerprint density at radius 3 is 2.62 bits per heavy atom. The molecule has 0 aliphatic carbocycles. The number of thiophene rings is 1. The molecule has 140 valence electrons. The van der Waals surface area contributed by atoms with Crippen LogP contribution >= 0.6 is 11.3 Å². The number of aryl methyl sites for hydroxylation is 1. The Morgan fingerprint density at radius 2 is 2.00 bits per heavy atom. The van der Waals surface area contributed by atoms with E-state index >= 15 is 0 Å². The lowest BCUT2D eigenvalue weighted by Crippen LogP contribution is -2.41. The quantitative estimate of drug-likeness (QED) is 0.845. The van der Waals surface area contributed by atoms with Crippen LogP contribution in [0.5, 0.6) is 5.75 Å². The molecule has 26 heavy (non-hydrogen) atoms. The normalized spacial score (nSPS) is 16.4. The van der Waals surface area contributed by atoms with Crippen molar-refractivity contribution >= 4 is 33.0 Å². The number of carbonyl (C=O) groups is 1. The molecule has 8 heteroatoms. The second-order valence-corrected chi connectivity index (χ2v) is 9.42. The maximum Gasteiger partial charge on any atom is 0.252 e. The number of hydrogen-bond acceptors (Lipinski definition) is 5. The molecule has 1 N–H and O–H groups in total. The minimum Gasteiger partial charge on any atom is -0.495 e. The monoisotopic (exact) mass is 394 g/mol. The van der Waals surface area contributed by atoms with Gasteiger partial charge in [0.1, 0.15) is 9.96 Å². The second kappa shape index (κ2) is 7.77. The highest BCUT2D eigenvalue weighted by Crippen LogP contribution is 2.29. The summed E-state index contributed by atoms with van der Waals surface area (Å²) in [4.78, 5) is 12.6. The van der Waals surface area contributed by atoms with E-state index < -0.39 is 10.0 Å². The zero-order valence-electron chi connectivity index (χ0n) is 14.8. The molecule has 3 rings (SSSR count). The van der Waals surface area contributed by atoms with Crippen molar-refractivity contribution < 1.29 is 17.9 Å². The van der Waals surface area contributed by atoms with Crippen LogP contribution < -0.4 is 10.1 Å². The molecular formula is C18H22N2O4S2. The van der Waals surface area contributed by atoms with E-state index in [1.165, 1.54) is 15.6 Å². The summed E-state index contributed by atoms with van der Waals surface area (Å²) in [7, 11) is -1.88. The van der Waals surface area contributed by atoms with Gasteiger partial charge in [0, 0.05) is 19.0 Å². The van der Waals surface area contributed by atoms with Crippen molar-refractivity contribution in [2.45, 2.75) is 24.0 Å². The first-order valence-electron chi connectivity index (χ1n) is 8.41. The topological polar surface area (TPSA) is 75.7 Å². The van der Waals surface area contributed by atoms with Crippen LogP contribution in [0.1, 0.15) is 18.4 Å². The number of amides is 1. The first kappa shape index (κ1) is 18.9. The van der Waals surface area contributed by atoms with Crippen LogP contribution in [-0.2, 0) is 14.8 Å². The van der Waals surface area contributed by atoms with E-state index in [9.17, 15) is 13.2 Å². The van der Waals surface area contributed by atoms with Gasteiger partial charge in [-0.2, -0.15) is 4.31 Å². The summed E-state index contributed by atoms with van der Waals surface area (Å²) in [5, 5.41) is 4.68. The minimum absolute atomic E-state index is 0.0953. The van der Waals surface area contributed by atoms with Gasteiger partial charge in [0.15, 0.2) is 0 Å². The number of nitrogens with one attached hydrogen (secondary N) is 1. The van der Waals surface area contributed by atoms with Crippen LogP contribution in [0.4, 0.5) is 5.69 Å². The van der Waals surface area contributed by atoms with Crippen molar-refractivity contribution in [3.63, 3.8) is 0 Å². The number of sulfonamides is 1. The van der Waals surface area contributed by atoms with Crippen LogP contribution in [0, 0.1) is 12.8 Å². The molecular weight excluding hydrogens is 372 g/mol. The van der Waals surface area contributed by atoms with Gasteiger partial charge >= 0.3 is 0 Å². The fourth-order valence-corrected chi connectivity index (χ4v) is 5.66. The third-order valence-electron chi connectivity index (χ3n) is 4.53. The third kappa shape index (κ3) is 3.92. The van der Waals surface area contributed by atoms with E-state index in [1.54, 1.807) is 24.6 Å². The maximum atomic E-state index is 12.6. The van der Waals surface area contributed by atoms with Gasteiger partial charge in [-0.3, -0.25) is 4.79 Å². The summed E-state index contributed by atoms with van der Waals surface area (Å²) >= 11 is 1.22. The highest BCUT2D eigenvalue weighted by molar-refractivity contribution is 7.91. The summed E-state index contributed by atoms with van der Waals surface area (Å²) in [6.45, 7) is 2.65. The van der Waals surface area contributed by atoms with Gasteiger partial charge in [0.25, 0.3) is 10.0 Å². The van der Waals surface area contributed by atoms with E-state index in [1.807, 2.05) is 25.1 Å². The Hall–Kier alpha value is -1.90. The van der Waals surface area contributed by atoms with Gasteiger partial charge in [-0.15, -0.1) is 11.3 Å². The van der Waals surface area contributed by atoms with E-state index in [0.29, 0.717) is 41.6 Å². The van der Waals surface area contributed by atoms with Crippen molar-refractivity contribution in [2.24, 2.45) is 5.92 Å². The second-order valence-electron chi connectivity index (χ2n) is 6.30. The highest BCUT2D eigenvalue weighted by atomic mass is 32.2. The Balaban J connectivity index is 1.63. The lowest BCUT2D eigenvalue weighted by atomic mass is 9.97. The molecule has 1 fully saturated rings. The SMILES string of the molecule is COc1ccc(C)cc1NC(=O)C1CCN(S(=O)(=O)c2cccs2)CC1. The van der Waals surface area contributed by atoms with Gasteiger partial charge in [-0.1, -0.05) is 12.1 Å². The number of nitrogens with zero attached hydrogens (tertiary/aromatic N) is 1. The van der Waals surface area contributed by atoms with Crippen LogP contribution in [0.3, 0.4) is 0 Å². The van der Waals surface area contributed by atoms with E-state index in [4.69, 9.17) is 4.74 Å². The fraction of sp³-hybridized carbons (Fsp3) is 0.389. The molecule has 0 spiro atoms. The first-order valence-corrected chi connectivity index (χ1v) is 10.7. The molecule has 1 aliphatic heterocycles. The molecule has 1 amide bonds. The van der Waals surface area contributed by atoms with Gasteiger partial charge in [0.2, 0.25) is 5.91 Å². The predicted octanol–water partition coefficient (Wildman–Crippen LogP) is 3.10. The molecule has 6 nitrogen and oxygen atoms in total. The standard InChI is InChI=1S/C18H22N2O4S2/c1-13-5-6-16(24-2)15(12-13)19-18(21)14-7-9-20(10-8-14)26(22,23)17-4-3-11-25-17/h3-6,11-12,14H,7-10H2,1-2H3,(H,19,21). The average Bonchev–Trinajstić information content (AvgIpc) is 3.17. The van der Waals surface area contributed by atoms with Gasteiger partial charge in [-0.05, 0) is 48.9 Å². The van der Waals surface area contributed by atoms with Gasteiger partial charge < -0.3 is 10.1 Å². The lowest BCUT2D eigenvalue weighted by molar-refractivity contribution is -0.120. The number of methoxy groups -OCH3 is 1. The largest absolute Gasteiger partial charge is 0.495 e. The number of piperidine rings is 1. The van der Waals surface area contributed by atoms with E-state index in [0.717, 1.165) is 5.56 Å². The minimum atomic E-state index is -3.44. The molecule has 2 aromatic rings. The first-order chi connectivity index (χ1) is 12.4. The molecule has 0 bridgehead atoms. The van der Waals surface area contributed by atoms with Crippen molar-refractivity contribution in [2.75, 3.05) is 25.5 Å². The fourth-order valence-electron chi connectivity index (χ4n) is 3.05. The van der Waals surface area contributed by atoms with Crippen LogP contribution in [0.25, 0.3) is 0 Å². The summed E-state index contributed by atoms with van der Waals surface area (Å²) in [6, 6.07) is 8.95. The average molecular weight is 395 g/mol. The number of benzene rings is 1. The lowest BCUT2D eigenvalue weighted by Gasteiger charge is -2.30. The summed E-state index contributed by atoms with van der Waals surface area (Å²) in [5.41, 5.74) is 1.67.